The standard InChI is InChI=1S/C28H24N10O6S2/c1-17(39)23(16-29)37-35-21-8-4-6-19-24(10-12-31-26(19)21)45(41,42)33-14-15-34-46(43,44)25-11-13-32-27-20(25)7-5-9-22(27)36-38-28(30-3)18(2)40/h4-13,33-36H,14-15H2,1-2H3. The number of hydrogen-bond donors (Lipinski definition) is 4. The van der Waals surface area contributed by atoms with Crippen LogP contribution < -0.4 is 20.3 Å². The average molecular weight is 661 g/mol. The number of aromatic nitrogens is 2. The smallest absolute Gasteiger partial charge is 0.336 e. The summed E-state index contributed by atoms with van der Waals surface area (Å²) in [7, 11) is -8.33. The van der Waals surface area contributed by atoms with E-state index < -0.39 is 37.4 Å². The van der Waals surface area contributed by atoms with Crippen molar-refractivity contribution < 1.29 is 26.4 Å². The minimum atomic E-state index is -4.17. The zero-order chi connectivity index (χ0) is 33.5. The van der Waals surface area contributed by atoms with E-state index in [0.717, 1.165) is 0 Å². The van der Waals surface area contributed by atoms with Crippen molar-refractivity contribution >= 4 is 76.3 Å². The quantitative estimate of drug-likeness (QED) is 0.0534. The first-order valence-corrected chi connectivity index (χ1v) is 16.1. The lowest BCUT2D eigenvalue weighted by atomic mass is 10.2. The number of Topliss-reactive ketones (excluding diaryl/α,β-unsaturated/α-hetero) is 2. The third-order valence-corrected chi connectivity index (χ3v) is 9.22. The zero-order valence-electron chi connectivity index (χ0n) is 24.1. The fraction of sp³-hybridized carbons (Fsp3) is 0.143. The number of sulfonamides is 2. The molecule has 4 N–H and O–H groups in total. The summed E-state index contributed by atoms with van der Waals surface area (Å²) in [4.78, 5) is 34.2. The highest BCUT2D eigenvalue weighted by Crippen LogP contribution is 2.28. The maximum atomic E-state index is 13.2. The van der Waals surface area contributed by atoms with Gasteiger partial charge in [-0.3, -0.25) is 20.2 Å². The van der Waals surface area contributed by atoms with Gasteiger partial charge in [-0.05, 0) is 36.3 Å². The molecule has 16 nitrogen and oxygen atoms in total. The highest BCUT2D eigenvalue weighted by atomic mass is 32.2. The number of amidine groups is 1. The topological polar surface area (TPSA) is 229 Å². The van der Waals surface area contributed by atoms with Crippen LogP contribution in [-0.4, -0.2) is 63.0 Å². The summed E-state index contributed by atoms with van der Waals surface area (Å²) >= 11 is 0. The minimum absolute atomic E-state index is 0.142. The SMILES string of the molecule is [C-]#[N+]C(=NNc1cccc2c(S(=O)(=O)NCCNS(=O)(=O)c3ccnc4c(NN=C(C#N)C(C)=O)cccc34)ccnc12)C(C)=O. The number of nitrogens with one attached hydrogen (secondary N) is 4. The fourth-order valence-corrected chi connectivity index (χ4v) is 6.51. The van der Waals surface area contributed by atoms with Crippen LogP contribution in [0.2, 0.25) is 0 Å². The minimum Gasteiger partial charge on any atom is -0.356 e. The first-order valence-electron chi connectivity index (χ1n) is 13.1. The van der Waals surface area contributed by atoms with Gasteiger partial charge in [0.2, 0.25) is 25.8 Å². The van der Waals surface area contributed by atoms with Crippen molar-refractivity contribution in [2.75, 3.05) is 23.9 Å². The molecule has 0 saturated heterocycles. The lowest BCUT2D eigenvalue weighted by molar-refractivity contribution is -0.111. The van der Waals surface area contributed by atoms with Crippen molar-refractivity contribution in [2.45, 2.75) is 23.6 Å². The summed E-state index contributed by atoms with van der Waals surface area (Å²) in [6, 6.07) is 13.4. The van der Waals surface area contributed by atoms with Crippen molar-refractivity contribution in [3.63, 3.8) is 0 Å². The molecule has 0 aliphatic rings. The van der Waals surface area contributed by atoms with Crippen LogP contribution in [0.1, 0.15) is 13.8 Å². The van der Waals surface area contributed by atoms with E-state index in [1.807, 2.05) is 0 Å². The van der Waals surface area contributed by atoms with Crippen molar-refractivity contribution in [1.29, 1.82) is 5.26 Å². The molecule has 4 aromatic rings. The number of benzene rings is 2. The molecule has 2 aromatic heterocycles. The Morgan fingerprint density at radius 2 is 1.28 bits per heavy atom. The molecule has 0 fully saturated rings. The average Bonchev–Trinajstić information content (AvgIpc) is 3.03. The number of rotatable bonds is 13. The zero-order valence-corrected chi connectivity index (χ0v) is 25.8. The van der Waals surface area contributed by atoms with Crippen molar-refractivity contribution in [2.24, 2.45) is 10.2 Å². The Hall–Kier alpha value is -5.66. The van der Waals surface area contributed by atoms with E-state index in [1.54, 1.807) is 24.3 Å². The van der Waals surface area contributed by atoms with E-state index in [4.69, 9.17) is 11.8 Å². The number of anilines is 2. The molecule has 2 aromatic carbocycles. The normalized spacial score (nSPS) is 12.3. The van der Waals surface area contributed by atoms with Gasteiger partial charge in [-0.15, -0.1) is 0 Å². The fourth-order valence-electron chi connectivity index (χ4n) is 4.07. The number of ketones is 2. The molecule has 0 saturated carbocycles. The maximum Gasteiger partial charge on any atom is 0.336 e. The summed E-state index contributed by atoms with van der Waals surface area (Å²) in [6.07, 6.45) is 2.52. The summed E-state index contributed by atoms with van der Waals surface area (Å²) in [6.45, 7) is 8.79. The van der Waals surface area contributed by atoms with Crippen LogP contribution in [0.25, 0.3) is 26.7 Å². The van der Waals surface area contributed by atoms with Gasteiger partial charge in [-0.1, -0.05) is 30.8 Å². The van der Waals surface area contributed by atoms with Gasteiger partial charge in [-0.2, -0.15) is 10.4 Å². The molecule has 0 unspecified atom stereocenters. The van der Waals surface area contributed by atoms with Crippen LogP contribution in [0.3, 0.4) is 0 Å². The molecule has 2 heterocycles. The van der Waals surface area contributed by atoms with E-state index in [0.29, 0.717) is 0 Å². The van der Waals surface area contributed by atoms with Crippen LogP contribution in [0.15, 0.2) is 80.9 Å². The lowest BCUT2D eigenvalue weighted by Crippen LogP contribution is -2.34. The van der Waals surface area contributed by atoms with Crippen molar-refractivity contribution in [1.82, 2.24) is 19.4 Å². The molecule has 0 aliphatic heterocycles. The molecule has 0 aliphatic carbocycles. The summed E-state index contributed by atoms with van der Waals surface area (Å²) in [5.74, 6) is -1.50. The molecule has 0 bridgehead atoms. The predicted octanol–water partition coefficient (Wildman–Crippen LogP) is 2.15. The second-order valence-corrected chi connectivity index (χ2v) is 12.7. The largest absolute Gasteiger partial charge is 0.356 e. The van der Waals surface area contributed by atoms with Crippen molar-refractivity contribution in [3.05, 3.63) is 72.3 Å². The molecule has 0 radical (unpaired) electrons. The van der Waals surface area contributed by atoms with Gasteiger partial charge in [0.05, 0.1) is 26.5 Å². The third-order valence-electron chi connectivity index (χ3n) is 6.18. The Bertz CT molecular complexity index is 2080. The Balaban J connectivity index is 1.51. The Morgan fingerprint density at radius 3 is 1.70 bits per heavy atom. The number of hydrazone groups is 2. The molecule has 46 heavy (non-hydrogen) atoms. The van der Waals surface area contributed by atoms with E-state index in [-0.39, 0.29) is 61.8 Å². The molecular weight excluding hydrogens is 637 g/mol. The number of nitriles is 1. The van der Waals surface area contributed by atoms with Crippen LogP contribution in [-0.2, 0) is 29.6 Å². The van der Waals surface area contributed by atoms with E-state index in [9.17, 15) is 26.4 Å². The number of carbonyl (C=O) groups is 2. The van der Waals surface area contributed by atoms with Crippen LogP contribution in [0.5, 0.6) is 0 Å². The van der Waals surface area contributed by atoms with Gasteiger partial charge in [0.1, 0.15) is 11.8 Å². The second kappa shape index (κ2) is 14.0. The first kappa shape index (κ1) is 33.2. The van der Waals surface area contributed by atoms with Crippen LogP contribution in [0, 0.1) is 17.9 Å². The molecule has 18 heteroatoms. The van der Waals surface area contributed by atoms with E-state index >= 15 is 0 Å². The number of fused-ring (bicyclic) bond motifs is 2. The number of para-hydroxylation sites is 2. The molecule has 234 valence electrons. The third kappa shape index (κ3) is 7.34. The highest BCUT2D eigenvalue weighted by Gasteiger charge is 2.22. The van der Waals surface area contributed by atoms with Gasteiger partial charge >= 0.3 is 5.84 Å². The predicted molar refractivity (Wildman–Crippen MR) is 170 cm³/mol. The molecule has 0 amide bonds. The Morgan fingerprint density at radius 1 is 0.804 bits per heavy atom. The van der Waals surface area contributed by atoms with Crippen molar-refractivity contribution in [3.8, 4) is 6.07 Å². The van der Waals surface area contributed by atoms with Crippen LogP contribution >= 0.6 is 0 Å². The van der Waals surface area contributed by atoms with E-state index in [2.05, 4.69) is 45.3 Å². The Labute approximate surface area is 263 Å². The summed E-state index contributed by atoms with van der Waals surface area (Å²) in [5, 5.41) is 17.0. The highest BCUT2D eigenvalue weighted by molar-refractivity contribution is 7.90. The molecule has 0 atom stereocenters. The maximum absolute atomic E-state index is 13.2. The number of nitrogens with zero attached hydrogens (tertiary/aromatic N) is 6. The second-order valence-electron chi connectivity index (χ2n) is 9.27. The summed E-state index contributed by atoms with van der Waals surface area (Å²) in [5.41, 5.74) is 5.67. The summed E-state index contributed by atoms with van der Waals surface area (Å²) < 4.78 is 57.6. The first-order chi connectivity index (χ1) is 21.9. The monoisotopic (exact) mass is 660 g/mol. The van der Waals surface area contributed by atoms with Gasteiger partial charge in [-0.25, -0.2) is 31.7 Å². The van der Waals surface area contributed by atoms with Gasteiger partial charge in [0.25, 0.3) is 0 Å². The molecule has 4 rings (SSSR count). The van der Waals surface area contributed by atoms with E-state index in [1.165, 1.54) is 56.6 Å². The van der Waals surface area contributed by atoms with Gasteiger partial charge < -0.3 is 9.64 Å². The Kier molecular flexibility index (Phi) is 10.1. The number of pyridine rings is 2. The lowest BCUT2D eigenvalue weighted by Gasteiger charge is -2.13. The number of hydrogen-bond acceptors (Lipinski definition) is 13. The molecule has 0 spiro atoms. The number of carbonyl (C=O) groups excluding carboxylic acids is 2. The van der Waals surface area contributed by atoms with Crippen LogP contribution in [0.4, 0.5) is 11.4 Å². The molecular formula is C28H24N10O6S2. The van der Waals surface area contributed by atoms with Gasteiger partial charge in [0, 0.05) is 43.2 Å². The van der Waals surface area contributed by atoms with Gasteiger partial charge in [0.15, 0.2) is 11.6 Å².